The van der Waals surface area contributed by atoms with Crippen molar-refractivity contribution in [3.63, 3.8) is 0 Å². The van der Waals surface area contributed by atoms with Crippen LogP contribution in [0.5, 0.6) is 0 Å². The fraction of sp³-hybridized carbons (Fsp3) is 0.0556. The molecule has 0 radical (unpaired) electrons. The van der Waals surface area contributed by atoms with Gasteiger partial charge in [-0.2, -0.15) is 0 Å². The molecule has 0 amide bonds. The lowest BCUT2D eigenvalue weighted by molar-refractivity contribution is 0.0373. The van der Waals surface area contributed by atoms with Gasteiger partial charge in [0.2, 0.25) is 5.06 Å². The predicted octanol–water partition coefficient (Wildman–Crippen LogP) is 5.03. The van der Waals surface area contributed by atoms with E-state index in [1.807, 2.05) is 60.0 Å². The van der Waals surface area contributed by atoms with Gasteiger partial charge in [-0.3, -0.25) is 0 Å². The van der Waals surface area contributed by atoms with Crippen LogP contribution in [0.4, 0.5) is 0 Å². The highest BCUT2D eigenvalue weighted by Gasteiger charge is 2.46. The highest BCUT2D eigenvalue weighted by molar-refractivity contribution is 7.10. The van der Waals surface area contributed by atoms with Crippen LogP contribution >= 0.6 is 22.9 Å². The molecular formula is C18H11ClO2S. The van der Waals surface area contributed by atoms with Crippen LogP contribution in [0, 0.1) is 0 Å². The van der Waals surface area contributed by atoms with Gasteiger partial charge in [-0.15, -0.1) is 11.3 Å². The van der Waals surface area contributed by atoms with Crippen LogP contribution in [0.1, 0.15) is 20.8 Å². The minimum absolute atomic E-state index is 0.375. The Labute approximate surface area is 136 Å². The molecule has 22 heavy (non-hydrogen) atoms. The Hall–Kier alpha value is -2.10. The summed E-state index contributed by atoms with van der Waals surface area (Å²) in [6.45, 7) is 0. The number of ether oxygens (including phenoxy) is 1. The van der Waals surface area contributed by atoms with E-state index in [1.54, 1.807) is 6.07 Å². The number of alkyl halides is 1. The number of carbonyl (C=O) groups is 1. The summed E-state index contributed by atoms with van der Waals surface area (Å²) in [6.07, 6.45) is 0. The minimum atomic E-state index is -1.22. The topological polar surface area (TPSA) is 26.3 Å². The summed E-state index contributed by atoms with van der Waals surface area (Å²) >= 11 is 8.19. The molecule has 1 aliphatic heterocycles. The molecule has 0 saturated heterocycles. The molecule has 0 aliphatic carbocycles. The lowest BCUT2D eigenvalue weighted by Gasteiger charge is -2.19. The van der Waals surface area contributed by atoms with Gasteiger partial charge < -0.3 is 4.74 Å². The molecular weight excluding hydrogens is 316 g/mol. The number of esters is 1. The van der Waals surface area contributed by atoms with Gasteiger partial charge in [-0.25, -0.2) is 4.79 Å². The normalized spacial score (nSPS) is 19.8. The van der Waals surface area contributed by atoms with Crippen molar-refractivity contribution in [1.82, 2.24) is 0 Å². The van der Waals surface area contributed by atoms with Crippen molar-refractivity contribution < 1.29 is 9.53 Å². The van der Waals surface area contributed by atoms with E-state index in [9.17, 15) is 4.79 Å². The number of rotatable bonds is 2. The van der Waals surface area contributed by atoms with Crippen molar-refractivity contribution in [3.8, 4) is 11.1 Å². The quantitative estimate of drug-likeness (QED) is 0.488. The average Bonchev–Trinajstić information content (AvgIpc) is 3.14. The number of carbonyl (C=O) groups excluding carboxylic acids is 1. The lowest BCUT2D eigenvalue weighted by atomic mass is 10.0. The first-order chi connectivity index (χ1) is 10.7. The lowest BCUT2D eigenvalue weighted by Crippen LogP contribution is -2.18. The molecule has 1 aromatic heterocycles. The first-order valence-electron chi connectivity index (χ1n) is 6.85. The van der Waals surface area contributed by atoms with Crippen LogP contribution in [0.2, 0.25) is 0 Å². The second-order valence-electron chi connectivity index (χ2n) is 5.10. The van der Waals surface area contributed by atoms with Crippen LogP contribution in [-0.2, 0) is 9.80 Å². The SMILES string of the molecule is O=C1OC(Cl)(c2cc(-c3ccccc3)cs2)c2ccccc21. The molecule has 4 rings (SSSR count). The highest BCUT2D eigenvalue weighted by Crippen LogP contribution is 2.48. The fourth-order valence-corrected chi connectivity index (χ4v) is 4.03. The molecule has 0 N–H and O–H groups in total. The Morgan fingerprint density at radius 3 is 2.50 bits per heavy atom. The molecule has 2 aromatic carbocycles. The van der Waals surface area contributed by atoms with Crippen LogP contribution in [0.3, 0.4) is 0 Å². The number of hydrogen-bond acceptors (Lipinski definition) is 3. The Morgan fingerprint density at radius 2 is 1.68 bits per heavy atom. The maximum absolute atomic E-state index is 12.0. The molecule has 1 unspecified atom stereocenters. The smallest absolute Gasteiger partial charge is 0.340 e. The van der Waals surface area contributed by atoms with E-state index in [-0.39, 0.29) is 5.97 Å². The minimum Gasteiger partial charge on any atom is -0.430 e. The van der Waals surface area contributed by atoms with Crippen molar-refractivity contribution >= 4 is 28.9 Å². The van der Waals surface area contributed by atoms with Gasteiger partial charge in [0.25, 0.3) is 0 Å². The van der Waals surface area contributed by atoms with Gasteiger partial charge in [0.1, 0.15) is 0 Å². The Bertz CT molecular complexity index is 856. The number of hydrogen-bond donors (Lipinski definition) is 0. The number of fused-ring (bicyclic) bond motifs is 1. The average molecular weight is 327 g/mol. The number of cyclic esters (lactones) is 1. The van der Waals surface area contributed by atoms with Crippen molar-refractivity contribution in [2.75, 3.05) is 0 Å². The van der Waals surface area contributed by atoms with Crippen LogP contribution < -0.4 is 0 Å². The fourth-order valence-electron chi connectivity index (χ4n) is 2.65. The summed E-state index contributed by atoms with van der Waals surface area (Å²) in [5, 5.41) is 0.814. The van der Waals surface area contributed by atoms with E-state index < -0.39 is 5.06 Å². The standard InChI is InChI=1S/C18H11ClO2S/c19-18(15-9-5-4-8-14(15)17(20)21-18)16-10-13(11-22-16)12-6-2-1-3-7-12/h1-11H. The van der Waals surface area contributed by atoms with Gasteiger partial charge in [0.15, 0.2) is 0 Å². The van der Waals surface area contributed by atoms with Gasteiger partial charge in [0, 0.05) is 5.56 Å². The predicted molar refractivity (Wildman–Crippen MR) is 88.2 cm³/mol. The third-order valence-electron chi connectivity index (χ3n) is 3.75. The maximum atomic E-state index is 12.0. The Kier molecular flexibility index (Phi) is 3.06. The van der Waals surface area contributed by atoms with E-state index in [1.165, 1.54) is 11.3 Å². The maximum Gasteiger partial charge on any atom is 0.340 e. The molecule has 0 saturated carbocycles. The zero-order valence-corrected chi connectivity index (χ0v) is 13.0. The van der Waals surface area contributed by atoms with Gasteiger partial charge in [-0.1, -0.05) is 60.1 Å². The molecule has 2 nitrogen and oxygen atoms in total. The third-order valence-corrected chi connectivity index (χ3v) is 5.38. The van der Waals surface area contributed by atoms with E-state index in [0.29, 0.717) is 11.1 Å². The van der Waals surface area contributed by atoms with Gasteiger partial charge >= 0.3 is 5.97 Å². The van der Waals surface area contributed by atoms with Gasteiger partial charge in [0.05, 0.1) is 10.4 Å². The van der Waals surface area contributed by atoms with E-state index in [0.717, 1.165) is 16.0 Å². The molecule has 1 aliphatic rings. The number of benzene rings is 2. The first-order valence-corrected chi connectivity index (χ1v) is 8.10. The van der Waals surface area contributed by atoms with Crippen LogP contribution in [0.15, 0.2) is 66.0 Å². The van der Waals surface area contributed by atoms with E-state index >= 15 is 0 Å². The monoisotopic (exact) mass is 326 g/mol. The molecule has 2 heterocycles. The third kappa shape index (κ3) is 1.97. The zero-order valence-electron chi connectivity index (χ0n) is 11.5. The molecule has 4 heteroatoms. The summed E-state index contributed by atoms with van der Waals surface area (Å²) in [6, 6.07) is 19.3. The van der Waals surface area contributed by atoms with E-state index in [2.05, 4.69) is 0 Å². The Morgan fingerprint density at radius 1 is 0.955 bits per heavy atom. The van der Waals surface area contributed by atoms with Crippen LogP contribution in [0.25, 0.3) is 11.1 Å². The Balaban J connectivity index is 1.80. The van der Waals surface area contributed by atoms with Crippen molar-refractivity contribution in [3.05, 3.63) is 82.0 Å². The number of halogens is 1. The molecule has 0 spiro atoms. The second kappa shape index (κ2) is 4.97. The van der Waals surface area contributed by atoms with Gasteiger partial charge in [-0.05, 0) is 28.6 Å². The van der Waals surface area contributed by atoms with Crippen LogP contribution in [-0.4, -0.2) is 5.97 Å². The molecule has 3 aromatic rings. The summed E-state index contributed by atoms with van der Waals surface area (Å²) < 4.78 is 5.49. The largest absolute Gasteiger partial charge is 0.430 e. The summed E-state index contributed by atoms with van der Waals surface area (Å²) in [4.78, 5) is 12.8. The molecule has 0 fully saturated rings. The zero-order chi connectivity index (χ0) is 15.2. The molecule has 0 bridgehead atoms. The van der Waals surface area contributed by atoms with Crippen molar-refractivity contribution in [2.45, 2.75) is 5.06 Å². The summed E-state index contributed by atoms with van der Waals surface area (Å²) in [5.41, 5.74) is 3.43. The van der Waals surface area contributed by atoms with E-state index in [4.69, 9.17) is 16.3 Å². The molecule has 1 atom stereocenters. The summed E-state index contributed by atoms with van der Waals surface area (Å²) in [7, 11) is 0. The summed E-state index contributed by atoms with van der Waals surface area (Å²) in [5.74, 6) is -0.375. The highest BCUT2D eigenvalue weighted by atomic mass is 35.5. The van der Waals surface area contributed by atoms with Crippen molar-refractivity contribution in [1.29, 1.82) is 0 Å². The molecule has 108 valence electrons. The second-order valence-corrected chi connectivity index (χ2v) is 6.54. The van der Waals surface area contributed by atoms with Crippen molar-refractivity contribution in [2.24, 2.45) is 0 Å². The first kappa shape index (κ1) is 13.6. The number of thiophene rings is 1.